The molecule has 7 heteroatoms. The van der Waals surface area contributed by atoms with Crippen LogP contribution in [0.25, 0.3) is 6.08 Å². The van der Waals surface area contributed by atoms with Crippen LogP contribution >= 0.6 is 0 Å². The van der Waals surface area contributed by atoms with Crippen molar-refractivity contribution >= 4 is 24.3 Å². The molecule has 1 aromatic rings. The molecule has 0 saturated carbocycles. The summed E-state index contributed by atoms with van der Waals surface area (Å²) in [5.41, 5.74) is 3.62. The maximum atomic E-state index is 12.4. The fourth-order valence-corrected chi connectivity index (χ4v) is 2.43. The molecule has 0 spiro atoms. The molecule has 1 aliphatic heterocycles. The smallest absolute Gasteiger partial charge is 0.408 e. The van der Waals surface area contributed by atoms with Gasteiger partial charge in [-0.1, -0.05) is 32.0 Å². The minimum atomic E-state index is -0.755. The molecular formula is C20H27N3O4. The summed E-state index contributed by atoms with van der Waals surface area (Å²) in [7, 11) is 0. The number of carbonyl (C=O) groups excluding carboxylic acids is 2. The van der Waals surface area contributed by atoms with E-state index in [0.29, 0.717) is 6.61 Å². The van der Waals surface area contributed by atoms with E-state index < -0.39 is 23.6 Å². The second-order valence-electron chi connectivity index (χ2n) is 7.65. The number of alkyl carbamates (subject to hydrolysis) is 1. The van der Waals surface area contributed by atoms with Crippen molar-refractivity contribution in [2.45, 2.75) is 46.3 Å². The molecule has 1 aromatic carbocycles. The van der Waals surface area contributed by atoms with Crippen LogP contribution in [-0.2, 0) is 9.53 Å². The van der Waals surface area contributed by atoms with Gasteiger partial charge in [0, 0.05) is 11.1 Å². The molecule has 0 fully saturated rings. The predicted octanol–water partition coefficient (Wildman–Crippen LogP) is 3.11. The van der Waals surface area contributed by atoms with Gasteiger partial charge in [0.2, 0.25) is 0 Å². The van der Waals surface area contributed by atoms with Gasteiger partial charge in [0.15, 0.2) is 0 Å². The fourth-order valence-electron chi connectivity index (χ4n) is 2.43. The maximum absolute atomic E-state index is 12.4. The zero-order chi connectivity index (χ0) is 20.0. The summed E-state index contributed by atoms with van der Waals surface area (Å²) in [5, 5.41) is 6.58. The zero-order valence-electron chi connectivity index (χ0n) is 16.4. The molecule has 2 N–H and O–H groups in total. The number of carbonyl (C=O) groups is 2. The van der Waals surface area contributed by atoms with E-state index in [1.807, 2.05) is 44.2 Å². The minimum absolute atomic E-state index is 0.128. The van der Waals surface area contributed by atoms with E-state index in [4.69, 9.17) is 9.47 Å². The molecule has 1 aliphatic rings. The van der Waals surface area contributed by atoms with E-state index in [2.05, 4.69) is 15.8 Å². The molecule has 0 aliphatic carbocycles. The summed E-state index contributed by atoms with van der Waals surface area (Å²) in [4.78, 5) is 24.3. The highest BCUT2D eigenvalue weighted by Gasteiger charge is 2.26. The van der Waals surface area contributed by atoms with Crippen LogP contribution in [-0.4, -0.2) is 36.5 Å². The normalized spacial score (nSPS) is 14.8. The standard InChI is InChI=1S/C20H27N3O4/c1-13(2)17(22-19(25)27-20(3,4)5)18(24)23-21-11-14-10-15-8-6-7-9-16(15)26-12-14/h6-11,13,17H,12H2,1-5H3,(H,22,25)(H,23,24)/b21-11+/t17-/m1/s1. The van der Waals surface area contributed by atoms with Crippen molar-refractivity contribution in [3.8, 4) is 5.75 Å². The Bertz CT molecular complexity index is 748. The number of fused-ring (bicyclic) bond motifs is 1. The lowest BCUT2D eigenvalue weighted by Gasteiger charge is -2.24. The van der Waals surface area contributed by atoms with Crippen molar-refractivity contribution in [3.63, 3.8) is 0 Å². The summed E-state index contributed by atoms with van der Waals surface area (Å²) in [5.74, 6) is 0.279. The third-order valence-corrected chi connectivity index (χ3v) is 3.68. The monoisotopic (exact) mass is 373 g/mol. The lowest BCUT2D eigenvalue weighted by Crippen LogP contribution is -2.49. The highest BCUT2D eigenvalue weighted by molar-refractivity contribution is 5.90. The quantitative estimate of drug-likeness (QED) is 0.613. The Kier molecular flexibility index (Phi) is 6.60. The maximum Gasteiger partial charge on any atom is 0.408 e. The second-order valence-corrected chi connectivity index (χ2v) is 7.65. The molecule has 2 amide bonds. The van der Waals surface area contributed by atoms with Crippen LogP contribution in [0.15, 0.2) is 34.9 Å². The van der Waals surface area contributed by atoms with Crippen LogP contribution < -0.4 is 15.5 Å². The molecule has 1 atom stereocenters. The Morgan fingerprint density at radius 2 is 1.96 bits per heavy atom. The van der Waals surface area contributed by atoms with Gasteiger partial charge >= 0.3 is 6.09 Å². The number of nitrogens with zero attached hydrogens (tertiary/aromatic N) is 1. The fraction of sp³-hybridized carbons (Fsp3) is 0.450. The number of rotatable bonds is 5. The molecule has 0 unspecified atom stereocenters. The predicted molar refractivity (Wildman–Crippen MR) is 105 cm³/mol. The first-order chi connectivity index (χ1) is 12.7. The molecule has 0 bridgehead atoms. The van der Waals surface area contributed by atoms with Gasteiger partial charge < -0.3 is 14.8 Å². The third-order valence-electron chi connectivity index (χ3n) is 3.68. The highest BCUT2D eigenvalue weighted by Crippen LogP contribution is 2.24. The van der Waals surface area contributed by atoms with Crippen LogP contribution in [0.1, 0.15) is 40.2 Å². The summed E-state index contributed by atoms with van der Waals surface area (Å²) < 4.78 is 10.8. The number of nitrogens with one attached hydrogen (secondary N) is 2. The Balaban J connectivity index is 1.95. The van der Waals surface area contributed by atoms with Gasteiger partial charge in [-0.2, -0.15) is 5.10 Å². The molecule has 1 heterocycles. The second kappa shape index (κ2) is 8.70. The average Bonchev–Trinajstić information content (AvgIpc) is 2.57. The first-order valence-corrected chi connectivity index (χ1v) is 8.90. The summed E-state index contributed by atoms with van der Waals surface area (Å²) in [6.07, 6.45) is 2.85. The number of benzene rings is 1. The summed E-state index contributed by atoms with van der Waals surface area (Å²) in [6.45, 7) is 9.33. The van der Waals surface area contributed by atoms with Gasteiger partial charge in [0.05, 0.1) is 6.21 Å². The number of ether oxygens (including phenoxy) is 2. The van der Waals surface area contributed by atoms with Crippen LogP contribution in [0, 0.1) is 5.92 Å². The Labute approximate surface area is 159 Å². The number of hydrazone groups is 1. The van der Waals surface area contributed by atoms with Crippen molar-refractivity contribution in [2.75, 3.05) is 6.61 Å². The molecule has 2 rings (SSSR count). The van der Waals surface area contributed by atoms with Crippen LogP contribution in [0.4, 0.5) is 4.79 Å². The zero-order valence-corrected chi connectivity index (χ0v) is 16.4. The molecule has 146 valence electrons. The van der Waals surface area contributed by atoms with Crippen molar-refractivity contribution in [3.05, 3.63) is 35.4 Å². The lowest BCUT2D eigenvalue weighted by molar-refractivity contribution is -0.124. The van der Waals surface area contributed by atoms with Gasteiger partial charge in [-0.25, -0.2) is 10.2 Å². The van der Waals surface area contributed by atoms with E-state index >= 15 is 0 Å². The van der Waals surface area contributed by atoms with Crippen molar-refractivity contribution in [1.82, 2.24) is 10.7 Å². The van der Waals surface area contributed by atoms with Gasteiger partial charge in [-0.3, -0.25) is 4.79 Å². The van der Waals surface area contributed by atoms with Gasteiger partial charge in [-0.15, -0.1) is 0 Å². The summed E-state index contributed by atoms with van der Waals surface area (Å²) >= 11 is 0. The summed E-state index contributed by atoms with van der Waals surface area (Å²) in [6, 6.07) is 6.93. The largest absolute Gasteiger partial charge is 0.488 e. The van der Waals surface area contributed by atoms with Crippen molar-refractivity contribution in [2.24, 2.45) is 11.0 Å². The molecule has 7 nitrogen and oxygen atoms in total. The number of hydrogen-bond acceptors (Lipinski definition) is 5. The van der Waals surface area contributed by atoms with Crippen LogP contribution in [0.2, 0.25) is 0 Å². The van der Waals surface area contributed by atoms with Gasteiger partial charge in [0.1, 0.15) is 24.0 Å². The third kappa shape index (κ3) is 6.44. The molecule has 0 saturated heterocycles. The van der Waals surface area contributed by atoms with E-state index in [-0.39, 0.29) is 5.92 Å². The Morgan fingerprint density at radius 1 is 1.26 bits per heavy atom. The van der Waals surface area contributed by atoms with E-state index in [9.17, 15) is 9.59 Å². The SMILES string of the molecule is CC(C)[C@@H](NC(=O)OC(C)(C)C)C(=O)N/N=C/C1=Cc2ccccc2OC1. The minimum Gasteiger partial charge on any atom is -0.488 e. The Hall–Kier alpha value is -2.83. The Morgan fingerprint density at radius 3 is 2.63 bits per heavy atom. The number of para-hydroxylation sites is 1. The average molecular weight is 373 g/mol. The van der Waals surface area contributed by atoms with E-state index in [1.54, 1.807) is 27.0 Å². The molecule has 0 radical (unpaired) electrons. The first-order valence-electron chi connectivity index (χ1n) is 8.90. The van der Waals surface area contributed by atoms with E-state index in [0.717, 1.165) is 16.9 Å². The lowest BCUT2D eigenvalue weighted by atomic mass is 10.0. The number of amides is 2. The topological polar surface area (TPSA) is 89.0 Å². The van der Waals surface area contributed by atoms with Crippen molar-refractivity contribution < 1.29 is 19.1 Å². The number of hydrogen-bond donors (Lipinski definition) is 2. The highest BCUT2D eigenvalue weighted by atomic mass is 16.6. The molecular weight excluding hydrogens is 346 g/mol. The molecule has 27 heavy (non-hydrogen) atoms. The van der Waals surface area contributed by atoms with Crippen LogP contribution in [0.3, 0.4) is 0 Å². The van der Waals surface area contributed by atoms with E-state index in [1.165, 1.54) is 0 Å². The molecule has 0 aromatic heterocycles. The van der Waals surface area contributed by atoms with Gasteiger partial charge in [0.25, 0.3) is 5.91 Å². The van der Waals surface area contributed by atoms with Gasteiger partial charge in [-0.05, 0) is 38.8 Å². The first kappa shape index (κ1) is 20.5. The van der Waals surface area contributed by atoms with Crippen molar-refractivity contribution in [1.29, 1.82) is 0 Å². The van der Waals surface area contributed by atoms with Crippen LogP contribution in [0.5, 0.6) is 5.75 Å².